The van der Waals surface area contributed by atoms with Gasteiger partial charge in [0.25, 0.3) is 0 Å². The number of hydrogen-bond acceptors (Lipinski definition) is 11. The molecule has 4 fully saturated rings. The van der Waals surface area contributed by atoms with Crippen molar-refractivity contribution in [1.29, 1.82) is 5.26 Å². The first-order valence-corrected chi connectivity index (χ1v) is 20.4. The molecule has 4 saturated heterocycles. The Bertz CT molecular complexity index is 2470. The normalized spacial score (nSPS) is 24.3. The van der Waals surface area contributed by atoms with E-state index in [1.54, 1.807) is 46.4 Å². The van der Waals surface area contributed by atoms with Crippen LogP contribution in [0.3, 0.4) is 0 Å². The summed E-state index contributed by atoms with van der Waals surface area (Å²) in [7, 11) is 0. The molecule has 0 saturated carbocycles. The van der Waals surface area contributed by atoms with E-state index in [1.807, 2.05) is 11.0 Å². The van der Waals surface area contributed by atoms with Gasteiger partial charge in [-0.15, -0.1) is 11.3 Å². The van der Waals surface area contributed by atoms with Gasteiger partial charge < -0.3 is 19.1 Å². The van der Waals surface area contributed by atoms with Crippen LogP contribution in [-0.2, 0) is 9.47 Å². The van der Waals surface area contributed by atoms with E-state index in [0.717, 1.165) is 23.8 Å². The molecule has 58 heavy (non-hydrogen) atoms. The molecule has 4 aliphatic rings. The summed E-state index contributed by atoms with van der Waals surface area (Å²) in [6.07, 6.45) is 0.761. The Morgan fingerprint density at radius 3 is 2.48 bits per heavy atom. The number of carbonyl (C=O) groups is 2. The first kappa shape index (κ1) is 36.2. The first-order valence-electron chi connectivity index (χ1n) is 21.0. The molecule has 0 aliphatic carbocycles. The zero-order chi connectivity index (χ0) is 44.0. The monoisotopic (exact) mass is 822 g/mol. The number of nitrogens with zero attached hydrogens (tertiary/aromatic N) is 6. The van der Waals surface area contributed by atoms with Gasteiger partial charge in [-0.05, 0) is 104 Å². The van der Waals surface area contributed by atoms with Crippen molar-refractivity contribution in [2.75, 3.05) is 43.0 Å². The maximum absolute atomic E-state index is 17.8. The topological polar surface area (TPSA) is 133 Å². The summed E-state index contributed by atoms with van der Waals surface area (Å²) in [5.74, 6) is -1.67. The van der Waals surface area contributed by atoms with Gasteiger partial charge in [0, 0.05) is 46.5 Å². The molecular weight excluding hydrogens is 772 g/mol. The molecule has 0 unspecified atom stereocenters. The molecule has 1 N–H and O–H groups in total. The van der Waals surface area contributed by atoms with Crippen LogP contribution < -0.4 is 15.0 Å². The highest BCUT2D eigenvalue weighted by Gasteiger charge is 2.50. The number of halogens is 3. The number of hydrogen-bond donors (Lipinski definition) is 1. The van der Waals surface area contributed by atoms with Crippen LogP contribution in [-0.4, -0.2) is 99.7 Å². The summed E-state index contributed by atoms with van der Waals surface area (Å²) in [6, 6.07) is 4.76. The van der Waals surface area contributed by atoms with Gasteiger partial charge in [0.05, 0.1) is 27.9 Å². The maximum Gasteiger partial charge on any atom is 0.412 e. The van der Waals surface area contributed by atoms with Crippen LogP contribution in [0.5, 0.6) is 6.01 Å². The largest absolute Gasteiger partial charge is 0.461 e. The molecule has 2 bridgehead atoms. The Balaban J connectivity index is 1.29. The van der Waals surface area contributed by atoms with Gasteiger partial charge in [0.1, 0.15) is 52.2 Å². The average molecular weight is 823 g/mol. The minimum Gasteiger partial charge on any atom is -0.461 e. The second-order valence-corrected chi connectivity index (χ2v) is 18.7. The molecule has 0 radical (unpaired) electrons. The Kier molecular flexibility index (Phi) is 9.02. The van der Waals surface area contributed by atoms with Crippen molar-refractivity contribution in [3.05, 3.63) is 41.0 Å². The lowest BCUT2D eigenvalue weighted by Crippen LogP contribution is -2.57. The Hall–Kier alpha value is -4.88. The van der Waals surface area contributed by atoms with Crippen molar-refractivity contribution in [2.24, 2.45) is 0 Å². The number of benzene rings is 2. The smallest absolute Gasteiger partial charge is 0.412 e. The van der Waals surface area contributed by atoms with Crippen LogP contribution in [0.1, 0.15) is 88.9 Å². The second-order valence-electron chi connectivity index (χ2n) is 17.7. The SMILES string of the molecule is [2H]C([2H])([2H])c1cc2c(N3C[C@H]4CC[C@@H](C3)N4C(=O)OC(C)(C)C)nc(OC[C@@]34CCCN3C[C@H](F)C4)nc2c(F)c1-c1ccc(F)c2sc(NC(=O)OC(C)(C)C)c(C#N)c12. The number of alkyl halides is 1. The third-order valence-electron chi connectivity index (χ3n) is 11.3. The molecule has 4 aromatic rings. The summed E-state index contributed by atoms with van der Waals surface area (Å²) in [5, 5.41) is 12.8. The number of fused-ring (bicyclic) bond motifs is 5. The number of aromatic nitrogens is 2. The summed E-state index contributed by atoms with van der Waals surface area (Å²) in [6.45, 7) is 8.93. The van der Waals surface area contributed by atoms with E-state index < -0.39 is 64.7 Å². The van der Waals surface area contributed by atoms with Crippen LogP contribution >= 0.6 is 11.3 Å². The molecular formula is C42H48F3N7O5S. The Morgan fingerprint density at radius 2 is 1.81 bits per heavy atom. The van der Waals surface area contributed by atoms with Crippen molar-refractivity contribution in [3.63, 3.8) is 0 Å². The summed E-state index contributed by atoms with van der Waals surface area (Å²) < 4.78 is 91.5. The van der Waals surface area contributed by atoms with Crippen molar-refractivity contribution in [3.8, 4) is 23.2 Å². The quantitative estimate of drug-likeness (QED) is 0.201. The van der Waals surface area contributed by atoms with E-state index in [0.29, 0.717) is 25.8 Å². The molecule has 2 aromatic carbocycles. The second kappa shape index (κ2) is 14.4. The van der Waals surface area contributed by atoms with Crippen molar-refractivity contribution in [2.45, 2.75) is 115 Å². The van der Waals surface area contributed by atoms with E-state index >= 15 is 8.78 Å². The lowest BCUT2D eigenvalue weighted by Gasteiger charge is -2.42. The molecule has 4 atom stereocenters. The predicted octanol–water partition coefficient (Wildman–Crippen LogP) is 8.86. The lowest BCUT2D eigenvalue weighted by atomic mass is 9.93. The lowest BCUT2D eigenvalue weighted by molar-refractivity contribution is 0.0122. The number of piperazine rings is 1. The third-order valence-corrected chi connectivity index (χ3v) is 12.4. The highest BCUT2D eigenvalue weighted by Crippen LogP contribution is 2.46. The van der Waals surface area contributed by atoms with E-state index in [1.165, 1.54) is 12.1 Å². The zero-order valence-corrected chi connectivity index (χ0v) is 34.1. The molecule has 6 heterocycles. The highest BCUT2D eigenvalue weighted by atomic mass is 32.1. The van der Waals surface area contributed by atoms with Gasteiger partial charge in [-0.3, -0.25) is 15.1 Å². The minimum absolute atomic E-state index is 0.0321. The molecule has 308 valence electrons. The molecule has 16 heteroatoms. The number of amides is 2. The Morgan fingerprint density at radius 1 is 1.09 bits per heavy atom. The highest BCUT2D eigenvalue weighted by molar-refractivity contribution is 7.23. The van der Waals surface area contributed by atoms with Gasteiger partial charge in [-0.1, -0.05) is 6.07 Å². The average Bonchev–Trinajstić information content (AvgIpc) is 3.87. The first-order chi connectivity index (χ1) is 28.6. The van der Waals surface area contributed by atoms with Crippen LogP contribution in [0.15, 0.2) is 18.2 Å². The number of nitriles is 1. The standard InChI is InChI=1S/C42H48F3N7O5S/c1-22-15-27-33(32(45)30(22)26-11-12-29(44)34-31(26)28(17-46)36(58-34)49-38(53)56-40(2,3)4)47-37(55-21-42-13-8-14-51(42)18-23(43)16-42)48-35(27)50-19-24-9-10-25(20-50)52(24)39(54)57-41(5,6)7/h11-12,15,23-25H,8-10,13-14,16,18-21H2,1-7H3,(H,49,53)/t23-,24-,25+,42+/m1/s1/i1D3. The number of aryl methyl sites for hydroxylation is 1. The fourth-order valence-electron chi connectivity index (χ4n) is 9.07. The number of ether oxygens (including phenoxy) is 3. The van der Waals surface area contributed by atoms with Gasteiger partial charge in [0.2, 0.25) is 0 Å². The molecule has 2 amide bonds. The molecule has 2 aromatic heterocycles. The molecule has 4 aliphatic heterocycles. The summed E-state index contributed by atoms with van der Waals surface area (Å²) in [5.41, 5.74) is -3.73. The van der Waals surface area contributed by atoms with Crippen molar-refractivity contribution >= 4 is 55.3 Å². The number of rotatable bonds is 6. The molecule has 0 spiro atoms. The Labute approximate surface area is 343 Å². The number of thiophene rings is 1. The number of nitrogens with one attached hydrogen (secondary N) is 1. The predicted molar refractivity (Wildman–Crippen MR) is 215 cm³/mol. The van der Waals surface area contributed by atoms with E-state index in [-0.39, 0.29) is 93.7 Å². The van der Waals surface area contributed by atoms with Gasteiger partial charge in [-0.25, -0.2) is 22.8 Å². The fraction of sp³-hybridized carbons (Fsp3) is 0.548. The fourth-order valence-corrected chi connectivity index (χ4v) is 10.1. The maximum atomic E-state index is 17.8. The van der Waals surface area contributed by atoms with Crippen LogP contribution in [0.4, 0.5) is 33.6 Å². The van der Waals surface area contributed by atoms with Gasteiger partial charge in [-0.2, -0.15) is 15.2 Å². The van der Waals surface area contributed by atoms with Crippen molar-refractivity contribution < 1.29 is 41.1 Å². The van der Waals surface area contributed by atoms with E-state index in [4.69, 9.17) is 23.3 Å². The summed E-state index contributed by atoms with van der Waals surface area (Å²) in [4.78, 5) is 41.2. The summed E-state index contributed by atoms with van der Waals surface area (Å²) >= 11 is 0.729. The van der Waals surface area contributed by atoms with Gasteiger partial charge >= 0.3 is 18.2 Å². The van der Waals surface area contributed by atoms with Crippen LogP contribution in [0.25, 0.3) is 32.1 Å². The van der Waals surface area contributed by atoms with Crippen LogP contribution in [0, 0.1) is 29.8 Å². The van der Waals surface area contributed by atoms with Crippen molar-refractivity contribution in [1.82, 2.24) is 19.8 Å². The molecule has 12 nitrogen and oxygen atoms in total. The number of anilines is 2. The zero-order valence-electron chi connectivity index (χ0n) is 36.3. The third kappa shape index (κ3) is 7.25. The minimum atomic E-state index is -2.96. The van der Waals surface area contributed by atoms with Crippen LogP contribution in [0.2, 0.25) is 0 Å². The van der Waals surface area contributed by atoms with E-state index in [2.05, 4.69) is 15.2 Å². The number of carbonyl (C=O) groups excluding carboxylic acids is 2. The van der Waals surface area contributed by atoms with Gasteiger partial charge in [0.15, 0.2) is 5.82 Å². The molecule has 8 rings (SSSR count). The van der Waals surface area contributed by atoms with E-state index in [9.17, 15) is 19.2 Å².